The number of carbonyl (C=O) groups excluding carboxylic acids is 1. The SMILES string of the molecule is CCN(CC)C(=O)c1ccc(S(=O)(=O)Nc2ccc3c(c2)OCCO3)cc1. The molecule has 0 aliphatic carbocycles. The summed E-state index contributed by atoms with van der Waals surface area (Å²) < 4.78 is 38.7. The van der Waals surface area contributed by atoms with Crippen molar-refractivity contribution in [2.75, 3.05) is 31.0 Å². The number of nitrogens with one attached hydrogen (secondary N) is 1. The number of carbonyl (C=O) groups is 1. The maximum Gasteiger partial charge on any atom is 0.261 e. The van der Waals surface area contributed by atoms with Crippen molar-refractivity contribution in [1.29, 1.82) is 0 Å². The van der Waals surface area contributed by atoms with Gasteiger partial charge in [-0.1, -0.05) is 0 Å². The summed E-state index contributed by atoms with van der Waals surface area (Å²) in [5, 5.41) is 0. The molecular formula is C19H22N2O5S. The standard InChI is InChI=1S/C19H22N2O5S/c1-3-21(4-2)19(22)14-5-8-16(9-6-14)27(23,24)20-15-7-10-17-18(13-15)26-12-11-25-17/h5-10,13,20H,3-4,11-12H2,1-2H3. The van der Waals surface area contributed by atoms with Gasteiger partial charge in [-0.3, -0.25) is 9.52 Å². The number of benzene rings is 2. The molecule has 0 unspecified atom stereocenters. The zero-order valence-electron chi connectivity index (χ0n) is 15.3. The second-order valence-electron chi connectivity index (χ2n) is 5.97. The van der Waals surface area contributed by atoms with E-state index in [1.54, 1.807) is 23.1 Å². The lowest BCUT2D eigenvalue weighted by Gasteiger charge is -2.19. The molecule has 0 atom stereocenters. The predicted molar refractivity (Wildman–Crippen MR) is 102 cm³/mol. The lowest BCUT2D eigenvalue weighted by atomic mass is 10.2. The molecular weight excluding hydrogens is 368 g/mol. The number of hydrogen-bond acceptors (Lipinski definition) is 5. The highest BCUT2D eigenvalue weighted by Crippen LogP contribution is 2.33. The molecule has 1 aliphatic rings. The van der Waals surface area contributed by atoms with Crippen LogP contribution in [0.15, 0.2) is 47.4 Å². The molecule has 1 amide bonds. The Labute approximate surface area is 158 Å². The Morgan fingerprint density at radius 2 is 1.63 bits per heavy atom. The summed E-state index contributed by atoms with van der Waals surface area (Å²) in [6.45, 7) is 5.89. The highest BCUT2D eigenvalue weighted by molar-refractivity contribution is 7.92. The maximum atomic E-state index is 12.6. The van der Waals surface area contributed by atoms with Crippen molar-refractivity contribution in [3.8, 4) is 11.5 Å². The van der Waals surface area contributed by atoms with Crippen LogP contribution in [0, 0.1) is 0 Å². The average molecular weight is 390 g/mol. The van der Waals surface area contributed by atoms with Crippen molar-refractivity contribution in [2.45, 2.75) is 18.7 Å². The minimum atomic E-state index is -3.78. The summed E-state index contributed by atoms with van der Waals surface area (Å²) >= 11 is 0. The molecule has 0 fully saturated rings. The molecule has 0 aromatic heterocycles. The third kappa shape index (κ3) is 4.16. The van der Waals surface area contributed by atoms with Crippen LogP contribution in [0.2, 0.25) is 0 Å². The van der Waals surface area contributed by atoms with Crippen molar-refractivity contribution in [3.05, 3.63) is 48.0 Å². The van der Waals surface area contributed by atoms with Gasteiger partial charge in [-0.2, -0.15) is 0 Å². The van der Waals surface area contributed by atoms with E-state index in [1.165, 1.54) is 24.3 Å². The second-order valence-corrected chi connectivity index (χ2v) is 7.65. The number of sulfonamides is 1. The third-order valence-electron chi connectivity index (χ3n) is 4.26. The van der Waals surface area contributed by atoms with Gasteiger partial charge in [-0.15, -0.1) is 0 Å². The summed E-state index contributed by atoms with van der Waals surface area (Å²) in [5.74, 6) is 0.967. The Kier molecular flexibility index (Phi) is 5.55. The predicted octanol–water partition coefficient (Wildman–Crippen LogP) is 2.74. The van der Waals surface area contributed by atoms with E-state index in [2.05, 4.69) is 4.72 Å². The molecule has 0 saturated carbocycles. The van der Waals surface area contributed by atoms with Gasteiger partial charge in [0.2, 0.25) is 0 Å². The summed E-state index contributed by atoms with van der Waals surface area (Å²) in [7, 11) is -3.78. The van der Waals surface area contributed by atoms with Crippen LogP contribution in [-0.4, -0.2) is 45.5 Å². The van der Waals surface area contributed by atoms with E-state index in [1.807, 2.05) is 13.8 Å². The summed E-state index contributed by atoms with van der Waals surface area (Å²) in [5.41, 5.74) is 0.833. The van der Waals surface area contributed by atoms with Gasteiger partial charge in [0.1, 0.15) is 13.2 Å². The zero-order valence-corrected chi connectivity index (χ0v) is 16.1. The minimum Gasteiger partial charge on any atom is -0.486 e. The molecule has 0 spiro atoms. The van der Waals surface area contributed by atoms with E-state index in [9.17, 15) is 13.2 Å². The van der Waals surface area contributed by atoms with Gasteiger partial charge in [0.15, 0.2) is 11.5 Å². The average Bonchev–Trinajstić information content (AvgIpc) is 2.68. The maximum absolute atomic E-state index is 12.6. The fraction of sp³-hybridized carbons (Fsp3) is 0.316. The highest BCUT2D eigenvalue weighted by Gasteiger charge is 2.19. The van der Waals surface area contributed by atoms with E-state index in [4.69, 9.17) is 9.47 Å². The van der Waals surface area contributed by atoms with Crippen molar-refractivity contribution in [3.63, 3.8) is 0 Å². The first-order chi connectivity index (χ1) is 12.9. The number of nitrogens with zero attached hydrogens (tertiary/aromatic N) is 1. The van der Waals surface area contributed by atoms with Gasteiger partial charge in [-0.25, -0.2) is 8.42 Å². The molecule has 3 rings (SSSR count). The summed E-state index contributed by atoms with van der Waals surface area (Å²) in [6, 6.07) is 10.8. The fourth-order valence-electron chi connectivity index (χ4n) is 2.79. The van der Waals surface area contributed by atoms with E-state index in [0.29, 0.717) is 49.1 Å². The quantitative estimate of drug-likeness (QED) is 0.820. The molecule has 27 heavy (non-hydrogen) atoms. The first kappa shape index (κ1) is 19.0. The van der Waals surface area contributed by atoms with Crippen LogP contribution in [0.25, 0.3) is 0 Å². The molecule has 0 saturated heterocycles. The second kappa shape index (κ2) is 7.87. The highest BCUT2D eigenvalue weighted by atomic mass is 32.2. The van der Waals surface area contributed by atoms with Crippen LogP contribution in [0.3, 0.4) is 0 Å². The molecule has 1 aliphatic heterocycles. The fourth-order valence-corrected chi connectivity index (χ4v) is 3.84. The molecule has 1 heterocycles. The van der Waals surface area contributed by atoms with E-state index in [0.717, 1.165) is 0 Å². The lowest BCUT2D eigenvalue weighted by molar-refractivity contribution is 0.0773. The molecule has 1 N–H and O–H groups in total. The van der Waals surface area contributed by atoms with Gasteiger partial charge in [0.05, 0.1) is 10.6 Å². The molecule has 0 radical (unpaired) electrons. The lowest BCUT2D eigenvalue weighted by Crippen LogP contribution is -2.30. The minimum absolute atomic E-state index is 0.0773. The molecule has 7 nitrogen and oxygen atoms in total. The van der Waals surface area contributed by atoms with Crippen molar-refractivity contribution in [2.24, 2.45) is 0 Å². The molecule has 2 aromatic carbocycles. The van der Waals surface area contributed by atoms with Crippen molar-refractivity contribution < 1.29 is 22.7 Å². The zero-order chi connectivity index (χ0) is 19.4. The molecule has 144 valence electrons. The molecule has 0 bridgehead atoms. The number of ether oxygens (including phenoxy) is 2. The largest absolute Gasteiger partial charge is 0.486 e. The van der Waals surface area contributed by atoms with Crippen LogP contribution >= 0.6 is 0 Å². The number of rotatable bonds is 6. The summed E-state index contributed by atoms with van der Waals surface area (Å²) in [6.07, 6.45) is 0. The number of fused-ring (bicyclic) bond motifs is 1. The Hall–Kier alpha value is -2.74. The normalized spacial score (nSPS) is 13.1. The first-order valence-corrected chi connectivity index (χ1v) is 10.2. The Bertz CT molecular complexity index is 922. The van der Waals surface area contributed by atoms with Gasteiger partial charge in [-0.05, 0) is 50.2 Å². The van der Waals surface area contributed by atoms with Crippen molar-refractivity contribution in [1.82, 2.24) is 4.90 Å². The van der Waals surface area contributed by atoms with E-state index >= 15 is 0 Å². The topological polar surface area (TPSA) is 84.9 Å². The first-order valence-electron chi connectivity index (χ1n) is 8.76. The smallest absolute Gasteiger partial charge is 0.261 e. The van der Waals surface area contributed by atoms with Crippen LogP contribution in [0.1, 0.15) is 24.2 Å². The van der Waals surface area contributed by atoms with Crippen LogP contribution in [-0.2, 0) is 10.0 Å². The number of amides is 1. The Morgan fingerprint density at radius 1 is 1.00 bits per heavy atom. The van der Waals surface area contributed by atoms with Gasteiger partial charge >= 0.3 is 0 Å². The summed E-state index contributed by atoms with van der Waals surface area (Å²) in [4.78, 5) is 14.1. The van der Waals surface area contributed by atoms with Gasteiger partial charge in [0.25, 0.3) is 15.9 Å². The monoisotopic (exact) mass is 390 g/mol. The third-order valence-corrected chi connectivity index (χ3v) is 5.65. The molecule has 8 heteroatoms. The van der Waals surface area contributed by atoms with Gasteiger partial charge < -0.3 is 14.4 Å². The molecule has 2 aromatic rings. The van der Waals surface area contributed by atoms with Gasteiger partial charge in [0, 0.05) is 24.7 Å². The number of hydrogen-bond donors (Lipinski definition) is 1. The Morgan fingerprint density at radius 3 is 2.26 bits per heavy atom. The van der Waals surface area contributed by atoms with Crippen LogP contribution in [0.4, 0.5) is 5.69 Å². The van der Waals surface area contributed by atoms with E-state index in [-0.39, 0.29) is 10.8 Å². The van der Waals surface area contributed by atoms with Crippen molar-refractivity contribution >= 4 is 21.6 Å². The number of anilines is 1. The van der Waals surface area contributed by atoms with Crippen LogP contribution in [0.5, 0.6) is 11.5 Å². The Balaban J connectivity index is 1.78. The van der Waals surface area contributed by atoms with Crippen LogP contribution < -0.4 is 14.2 Å². The van der Waals surface area contributed by atoms with E-state index < -0.39 is 10.0 Å².